The molecule has 0 radical (unpaired) electrons. The van der Waals surface area contributed by atoms with E-state index in [1.54, 1.807) is 50.3 Å². The van der Waals surface area contributed by atoms with Crippen molar-refractivity contribution in [3.05, 3.63) is 0 Å². The van der Waals surface area contributed by atoms with Gasteiger partial charge in [0.05, 0.1) is 24.6 Å². The molecule has 0 rings (SSSR count). The highest BCUT2D eigenvalue weighted by molar-refractivity contribution is 7.75. The molecule has 0 atom stereocenters. The van der Waals surface area contributed by atoms with Crippen LogP contribution < -0.4 is 24.0 Å². The molecule has 0 unspecified atom stereocenters. The summed E-state index contributed by atoms with van der Waals surface area (Å²) in [4.78, 5) is 0. The van der Waals surface area contributed by atoms with Crippen molar-refractivity contribution in [3.63, 3.8) is 0 Å². The maximum absolute atomic E-state index is 2.36. The standard InChI is InChI=1S/C27H58P.HI/c1-5-9-13-17-21-25-28(24-20-16-12-8-4,26-22-18-14-10-6-2)27-23-19-15-11-7-3;/h5-27H2,1-4H3;1H/q+1;/p-1. The first-order chi connectivity index (χ1) is 13.7. The SMILES string of the molecule is CCCCCCC[P+](CCCCCC)(CCCCCCC)CCCCCCC.[I-]. The highest BCUT2D eigenvalue weighted by atomic mass is 127. The van der Waals surface area contributed by atoms with Crippen molar-refractivity contribution >= 4 is 7.26 Å². The molecule has 0 aromatic rings. The van der Waals surface area contributed by atoms with Crippen LogP contribution in [-0.4, -0.2) is 24.6 Å². The molecule has 0 heterocycles. The van der Waals surface area contributed by atoms with Crippen molar-refractivity contribution in [3.8, 4) is 0 Å². The summed E-state index contributed by atoms with van der Waals surface area (Å²) in [6.07, 6.45) is 34.6. The van der Waals surface area contributed by atoms with Crippen molar-refractivity contribution in [2.24, 2.45) is 0 Å². The third-order valence-electron chi connectivity index (χ3n) is 6.69. The van der Waals surface area contributed by atoms with Gasteiger partial charge in [-0.05, 0) is 51.4 Å². The Morgan fingerprint density at radius 2 is 0.517 bits per heavy atom. The normalized spacial score (nSPS) is 11.6. The molecule has 0 nitrogen and oxygen atoms in total. The zero-order valence-corrected chi connectivity index (χ0v) is 24.1. The molecule has 0 N–H and O–H groups in total. The van der Waals surface area contributed by atoms with Crippen molar-refractivity contribution < 1.29 is 24.0 Å². The second-order valence-electron chi connectivity index (χ2n) is 9.54. The molecule has 0 aliphatic rings. The van der Waals surface area contributed by atoms with Crippen LogP contribution >= 0.6 is 7.26 Å². The molecule has 0 saturated heterocycles. The Morgan fingerprint density at radius 1 is 0.310 bits per heavy atom. The van der Waals surface area contributed by atoms with Crippen molar-refractivity contribution in [2.45, 2.75) is 150 Å². The van der Waals surface area contributed by atoms with E-state index >= 15 is 0 Å². The van der Waals surface area contributed by atoms with E-state index in [0.717, 1.165) is 0 Å². The van der Waals surface area contributed by atoms with E-state index in [0.29, 0.717) is 0 Å². The summed E-state index contributed by atoms with van der Waals surface area (Å²) < 4.78 is 0. The van der Waals surface area contributed by atoms with Crippen LogP contribution in [0.5, 0.6) is 0 Å². The molecule has 0 fully saturated rings. The van der Waals surface area contributed by atoms with Crippen LogP contribution in [0.25, 0.3) is 0 Å². The highest BCUT2D eigenvalue weighted by Crippen LogP contribution is 2.61. The molecule has 29 heavy (non-hydrogen) atoms. The van der Waals surface area contributed by atoms with Gasteiger partial charge in [-0.25, -0.2) is 0 Å². The third-order valence-corrected chi connectivity index (χ3v) is 11.8. The van der Waals surface area contributed by atoms with Crippen molar-refractivity contribution in [2.75, 3.05) is 24.6 Å². The van der Waals surface area contributed by atoms with Crippen LogP contribution in [0.3, 0.4) is 0 Å². The lowest BCUT2D eigenvalue weighted by molar-refractivity contribution is -0.00000646. The minimum Gasteiger partial charge on any atom is -1.00 e. The van der Waals surface area contributed by atoms with E-state index in [1.807, 2.05) is 0 Å². The Bertz CT molecular complexity index is 256. The van der Waals surface area contributed by atoms with Gasteiger partial charge in [0.25, 0.3) is 0 Å². The average Bonchev–Trinajstić information content (AvgIpc) is 2.70. The van der Waals surface area contributed by atoms with E-state index < -0.39 is 7.26 Å². The predicted octanol–water partition coefficient (Wildman–Crippen LogP) is 7.50. The molecule has 178 valence electrons. The van der Waals surface area contributed by atoms with Crippen LogP contribution in [0.2, 0.25) is 0 Å². The molecule has 0 spiro atoms. The van der Waals surface area contributed by atoms with Gasteiger partial charge in [0.1, 0.15) is 0 Å². The van der Waals surface area contributed by atoms with Crippen molar-refractivity contribution in [1.29, 1.82) is 0 Å². The summed E-state index contributed by atoms with van der Waals surface area (Å²) >= 11 is 0. The Kier molecular flexibility index (Phi) is 28.3. The van der Waals surface area contributed by atoms with E-state index in [2.05, 4.69) is 27.7 Å². The summed E-state index contributed by atoms with van der Waals surface area (Å²) in [5.41, 5.74) is 0. The number of halogens is 1. The minimum absolute atomic E-state index is 0. The largest absolute Gasteiger partial charge is 1.00 e. The van der Waals surface area contributed by atoms with Crippen LogP contribution in [0.1, 0.15) is 150 Å². The Morgan fingerprint density at radius 3 is 0.759 bits per heavy atom. The Labute approximate surface area is 204 Å². The monoisotopic (exact) mass is 540 g/mol. The smallest absolute Gasteiger partial charge is 0.0594 e. The molecule has 0 bridgehead atoms. The average molecular weight is 541 g/mol. The summed E-state index contributed by atoms with van der Waals surface area (Å²) in [6, 6.07) is 0. The van der Waals surface area contributed by atoms with E-state index in [1.165, 1.54) is 96.3 Å². The molecule has 0 amide bonds. The zero-order chi connectivity index (χ0) is 20.8. The first kappa shape index (κ1) is 32.3. The number of rotatable bonds is 23. The molecule has 0 saturated carbocycles. The molecule has 0 aromatic carbocycles. The maximum Gasteiger partial charge on any atom is 0.0594 e. The van der Waals surface area contributed by atoms with Gasteiger partial charge in [0.2, 0.25) is 0 Å². The molecule has 2 heteroatoms. The number of hydrogen-bond acceptors (Lipinski definition) is 0. The Hall–Kier alpha value is 1.16. The summed E-state index contributed by atoms with van der Waals surface area (Å²) in [5, 5.41) is 0. The Balaban J connectivity index is 0. The van der Waals surface area contributed by atoms with Crippen LogP contribution in [-0.2, 0) is 0 Å². The minimum atomic E-state index is -0.682. The maximum atomic E-state index is 2.36. The first-order valence-corrected chi connectivity index (χ1v) is 16.1. The topological polar surface area (TPSA) is 0 Å². The molecular formula is C27H58IP. The quantitative estimate of drug-likeness (QED) is 0.0715. The zero-order valence-electron chi connectivity index (χ0n) is 21.1. The van der Waals surface area contributed by atoms with E-state index in [9.17, 15) is 0 Å². The van der Waals surface area contributed by atoms with Gasteiger partial charge in [-0.3, -0.25) is 0 Å². The lowest BCUT2D eigenvalue weighted by Gasteiger charge is -2.28. The lowest BCUT2D eigenvalue weighted by Crippen LogP contribution is -3.00. The predicted molar refractivity (Wildman–Crippen MR) is 137 cm³/mol. The van der Waals surface area contributed by atoms with Gasteiger partial charge in [-0.15, -0.1) is 0 Å². The third kappa shape index (κ3) is 20.8. The van der Waals surface area contributed by atoms with E-state index in [4.69, 9.17) is 0 Å². The fourth-order valence-corrected chi connectivity index (χ4v) is 9.62. The van der Waals surface area contributed by atoms with Crippen LogP contribution in [0.4, 0.5) is 0 Å². The van der Waals surface area contributed by atoms with Gasteiger partial charge in [-0.1, -0.05) is 98.3 Å². The summed E-state index contributed by atoms with van der Waals surface area (Å²) in [5.74, 6) is 0. The van der Waals surface area contributed by atoms with Gasteiger partial charge in [-0.2, -0.15) is 0 Å². The van der Waals surface area contributed by atoms with Gasteiger partial charge >= 0.3 is 0 Å². The number of unbranched alkanes of at least 4 members (excludes halogenated alkanes) is 15. The lowest BCUT2D eigenvalue weighted by atomic mass is 10.2. The molecule has 0 aliphatic carbocycles. The summed E-state index contributed by atoms with van der Waals surface area (Å²) in [7, 11) is -0.682. The first-order valence-electron chi connectivity index (χ1n) is 13.6. The second-order valence-corrected chi connectivity index (χ2v) is 14.0. The van der Waals surface area contributed by atoms with Gasteiger partial charge < -0.3 is 24.0 Å². The second kappa shape index (κ2) is 25.4. The fraction of sp³-hybridized carbons (Fsp3) is 1.00. The fourth-order valence-electron chi connectivity index (χ4n) is 4.70. The molecule has 0 aromatic heterocycles. The summed E-state index contributed by atoms with van der Waals surface area (Å²) in [6.45, 7) is 9.39. The van der Waals surface area contributed by atoms with E-state index in [-0.39, 0.29) is 24.0 Å². The van der Waals surface area contributed by atoms with Crippen LogP contribution in [0, 0.1) is 0 Å². The van der Waals surface area contributed by atoms with Crippen molar-refractivity contribution in [1.82, 2.24) is 0 Å². The number of hydrogen-bond donors (Lipinski definition) is 0. The van der Waals surface area contributed by atoms with Gasteiger partial charge in [0, 0.05) is 7.26 Å². The molecule has 0 aliphatic heterocycles. The highest BCUT2D eigenvalue weighted by Gasteiger charge is 2.34. The van der Waals surface area contributed by atoms with Crippen LogP contribution in [0.15, 0.2) is 0 Å². The van der Waals surface area contributed by atoms with Gasteiger partial charge in [0.15, 0.2) is 0 Å². The molecular weight excluding hydrogens is 482 g/mol.